The summed E-state index contributed by atoms with van der Waals surface area (Å²) in [6.07, 6.45) is 1.39. The minimum absolute atomic E-state index is 0.0302. The lowest BCUT2D eigenvalue weighted by molar-refractivity contribution is -0.143. The first-order valence-electron chi connectivity index (χ1n) is 8.89. The predicted molar refractivity (Wildman–Crippen MR) is 102 cm³/mol. The van der Waals surface area contributed by atoms with Crippen molar-refractivity contribution in [2.45, 2.75) is 25.2 Å². The van der Waals surface area contributed by atoms with Crippen molar-refractivity contribution in [3.05, 3.63) is 65.7 Å². The van der Waals surface area contributed by atoms with Crippen LogP contribution in [0.4, 0.5) is 5.69 Å². The number of hydrogen-bond acceptors (Lipinski definition) is 3. The number of anilines is 1. The van der Waals surface area contributed by atoms with E-state index in [9.17, 15) is 19.5 Å². The van der Waals surface area contributed by atoms with E-state index in [0.29, 0.717) is 24.1 Å². The second-order valence-corrected chi connectivity index (χ2v) is 6.88. The first-order valence-corrected chi connectivity index (χ1v) is 8.89. The van der Waals surface area contributed by atoms with Gasteiger partial charge in [0, 0.05) is 30.8 Å². The van der Waals surface area contributed by atoms with Gasteiger partial charge in [-0.15, -0.1) is 0 Å². The Bertz CT molecular complexity index is 848. The molecule has 0 aromatic heterocycles. The summed E-state index contributed by atoms with van der Waals surface area (Å²) in [6, 6.07) is 15.6. The van der Waals surface area contributed by atoms with Gasteiger partial charge in [0.25, 0.3) is 5.91 Å². The van der Waals surface area contributed by atoms with Crippen LogP contribution in [0.2, 0.25) is 0 Å². The van der Waals surface area contributed by atoms with Gasteiger partial charge in [-0.1, -0.05) is 30.3 Å². The van der Waals surface area contributed by atoms with Gasteiger partial charge in [0.05, 0.1) is 0 Å². The Morgan fingerprint density at radius 1 is 1.11 bits per heavy atom. The average molecular weight is 366 g/mol. The maximum Gasteiger partial charge on any atom is 0.315 e. The number of carboxylic acid groups (broad SMARTS) is 1. The van der Waals surface area contributed by atoms with Crippen molar-refractivity contribution in [2.75, 3.05) is 18.0 Å². The van der Waals surface area contributed by atoms with Crippen molar-refractivity contribution in [1.82, 2.24) is 5.32 Å². The lowest BCUT2D eigenvalue weighted by atomic mass is 9.82. The Morgan fingerprint density at radius 2 is 1.78 bits per heavy atom. The summed E-state index contributed by atoms with van der Waals surface area (Å²) in [6.45, 7) is 2.25. The highest BCUT2D eigenvalue weighted by Gasteiger charge is 2.35. The highest BCUT2D eigenvalue weighted by molar-refractivity contribution is 5.97. The number of nitrogens with zero attached hydrogens (tertiary/aromatic N) is 1. The zero-order valence-corrected chi connectivity index (χ0v) is 15.1. The quantitative estimate of drug-likeness (QED) is 0.823. The molecule has 2 N–H and O–H groups in total. The van der Waals surface area contributed by atoms with Gasteiger partial charge in [-0.3, -0.25) is 14.4 Å². The molecule has 1 aliphatic rings. The summed E-state index contributed by atoms with van der Waals surface area (Å²) >= 11 is 0. The monoisotopic (exact) mass is 366 g/mol. The first kappa shape index (κ1) is 18.6. The van der Waals surface area contributed by atoms with E-state index < -0.39 is 11.4 Å². The lowest BCUT2D eigenvalue weighted by Crippen LogP contribution is -2.44. The second-order valence-electron chi connectivity index (χ2n) is 6.88. The lowest BCUT2D eigenvalue weighted by Gasteiger charge is -2.25. The smallest absolute Gasteiger partial charge is 0.315 e. The average Bonchev–Trinajstić information content (AvgIpc) is 3.12. The molecule has 1 unspecified atom stereocenters. The summed E-state index contributed by atoms with van der Waals surface area (Å²) in [5.74, 6) is -1.26. The van der Waals surface area contributed by atoms with Crippen molar-refractivity contribution in [3.63, 3.8) is 0 Å². The zero-order chi connectivity index (χ0) is 19.4. The Kier molecular flexibility index (Phi) is 5.26. The second kappa shape index (κ2) is 7.61. The molecule has 0 spiro atoms. The van der Waals surface area contributed by atoms with E-state index in [1.807, 2.05) is 6.07 Å². The molecule has 1 atom stereocenters. The third-order valence-corrected chi connectivity index (χ3v) is 5.00. The van der Waals surface area contributed by atoms with Crippen molar-refractivity contribution in [1.29, 1.82) is 0 Å². The van der Waals surface area contributed by atoms with Gasteiger partial charge in [-0.05, 0) is 43.2 Å². The Morgan fingerprint density at radius 3 is 2.33 bits per heavy atom. The third-order valence-electron chi connectivity index (χ3n) is 5.00. The number of carboxylic acids is 1. The summed E-state index contributed by atoms with van der Waals surface area (Å²) in [7, 11) is 0. The SMILES string of the molecule is CC(CNC(=O)c1ccc(N2CCCC2=O)cc1)(C(=O)O)c1ccccc1. The van der Waals surface area contributed by atoms with E-state index in [4.69, 9.17) is 0 Å². The van der Waals surface area contributed by atoms with Crippen LogP contribution in [0.3, 0.4) is 0 Å². The van der Waals surface area contributed by atoms with Gasteiger partial charge in [-0.25, -0.2) is 0 Å². The normalized spacial score (nSPS) is 16.0. The largest absolute Gasteiger partial charge is 0.481 e. The Hall–Kier alpha value is -3.15. The van der Waals surface area contributed by atoms with Crippen LogP contribution in [0.15, 0.2) is 54.6 Å². The van der Waals surface area contributed by atoms with Crippen LogP contribution in [0, 0.1) is 0 Å². The van der Waals surface area contributed by atoms with Crippen LogP contribution in [-0.2, 0) is 15.0 Å². The molecule has 140 valence electrons. The first-order chi connectivity index (χ1) is 12.9. The highest BCUT2D eigenvalue weighted by atomic mass is 16.4. The molecule has 6 nitrogen and oxygen atoms in total. The van der Waals surface area contributed by atoms with Gasteiger partial charge < -0.3 is 15.3 Å². The number of rotatable bonds is 6. The van der Waals surface area contributed by atoms with Crippen LogP contribution in [0.5, 0.6) is 0 Å². The summed E-state index contributed by atoms with van der Waals surface area (Å²) in [4.78, 5) is 37.8. The Balaban J connectivity index is 1.69. The van der Waals surface area contributed by atoms with Crippen LogP contribution < -0.4 is 10.2 Å². The third kappa shape index (κ3) is 3.84. The molecular weight excluding hydrogens is 344 g/mol. The van der Waals surface area contributed by atoms with Gasteiger partial charge in [0.1, 0.15) is 5.41 Å². The zero-order valence-electron chi connectivity index (χ0n) is 15.1. The molecule has 3 rings (SSSR count). The summed E-state index contributed by atoms with van der Waals surface area (Å²) in [5, 5.41) is 12.4. The van der Waals surface area contributed by atoms with Crippen molar-refractivity contribution >= 4 is 23.5 Å². The minimum atomic E-state index is -1.22. The molecule has 1 heterocycles. The van der Waals surface area contributed by atoms with Gasteiger partial charge in [-0.2, -0.15) is 0 Å². The van der Waals surface area contributed by atoms with Crippen LogP contribution in [0.25, 0.3) is 0 Å². The number of amides is 2. The van der Waals surface area contributed by atoms with Crippen molar-refractivity contribution in [3.8, 4) is 0 Å². The summed E-state index contributed by atoms with van der Waals surface area (Å²) in [5.41, 5.74) is 0.597. The fraction of sp³-hybridized carbons (Fsp3) is 0.286. The topological polar surface area (TPSA) is 86.7 Å². The van der Waals surface area contributed by atoms with Crippen molar-refractivity contribution in [2.24, 2.45) is 0 Å². The molecule has 0 aliphatic carbocycles. The molecule has 2 aromatic rings. The number of nitrogens with one attached hydrogen (secondary N) is 1. The van der Waals surface area contributed by atoms with Crippen LogP contribution in [0.1, 0.15) is 35.7 Å². The minimum Gasteiger partial charge on any atom is -0.481 e. The van der Waals surface area contributed by atoms with Crippen LogP contribution >= 0.6 is 0 Å². The molecule has 0 saturated carbocycles. The standard InChI is InChI=1S/C21H22N2O4/c1-21(20(26)27,16-6-3-2-4-7-16)14-22-19(25)15-9-11-17(12-10-15)23-13-5-8-18(23)24/h2-4,6-7,9-12H,5,8,13-14H2,1H3,(H,22,25)(H,26,27). The van der Waals surface area contributed by atoms with E-state index in [0.717, 1.165) is 12.1 Å². The van der Waals surface area contributed by atoms with E-state index in [-0.39, 0.29) is 18.4 Å². The number of aliphatic carboxylic acids is 1. The van der Waals surface area contributed by atoms with E-state index in [2.05, 4.69) is 5.32 Å². The number of carbonyl (C=O) groups is 3. The molecule has 1 aliphatic heterocycles. The van der Waals surface area contributed by atoms with Gasteiger partial charge >= 0.3 is 5.97 Å². The highest BCUT2D eigenvalue weighted by Crippen LogP contribution is 2.24. The fourth-order valence-electron chi connectivity index (χ4n) is 3.18. The summed E-state index contributed by atoms with van der Waals surface area (Å²) < 4.78 is 0. The number of carbonyl (C=O) groups excluding carboxylic acids is 2. The number of hydrogen-bond donors (Lipinski definition) is 2. The van der Waals surface area contributed by atoms with Crippen molar-refractivity contribution < 1.29 is 19.5 Å². The molecule has 6 heteroatoms. The van der Waals surface area contributed by atoms with Gasteiger partial charge in [0.15, 0.2) is 0 Å². The molecule has 2 amide bonds. The molecule has 2 aromatic carbocycles. The Labute approximate surface area is 157 Å². The van der Waals surface area contributed by atoms with E-state index in [1.165, 1.54) is 0 Å². The van der Waals surface area contributed by atoms with E-state index in [1.54, 1.807) is 60.4 Å². The molecule has 1 saturated heterocycles. The molecule has 0 radical (unpaired) electrons. The predicted octanol–water partition coefficient (Wildman–Crippen LogP) is 2.59. The van der Waals surface area contributed by atoms with E-state index >= 15 is 0 Å². The molecule has 1 fully saturated rings. The molecule has 27 heavy (non-hydrogen) atoms. The number of benzene rings is 2. The van der Waals surface area contributed by atoms with Crippen LogP contribution in [-0.4, -0.2) is 36.0 Å². The maximum absolute atomic E-state index is 12.5. The fourth-order valence-corrected chi connectivity index (χ4v) is 3.18. The van der Waals surface area contributed by atoms with Gasteiger partial charge in [0.2, 0.25) is 5.91 Å². The molecular formula is C21H22N2O4. The molecule has 0 bridgehead atoms. The maximum atomic E-state index is 12.5.